The summed E-state index contributed by atoms with van der Waals surface area (Å²) in [5.41, 5.74) is 0.907. The fourth-order valence-corrected chi connectivity index (χ4v) is 1.63. The van der Waals surface area contributed by atoms with Crippen molar-refractivity contribution in [1.82, 2.24) is 25.2 Å². The fraction of sp³-hybridized carbons (Fsp3) is 0.545. The van der Waals surface area contributed by atoms with E-state index in [-0.39, 0.29) is 0 Å². The van der Waals surface area contributed by atoms with Gasteiger partial charge in [-0.3, -0.25) is 0 Å². The van der Waals surface area contributed by atoms with Crippen LogP contribution in [0.25, 0.3) is 0 Å². The van der Waals surface area contributed by atoms with Crippen molar-refractivity contribution in [3.8, 4) is 0 Å². The number of hydrogen-bond acceptors (Lipinski definition) is 5. The molecule has 0 aliphatic carbocycles. The van der Waals surface area contributed by atoms with Crippen LogP contribution in [0.1, 0.15) is 30.6 Å². The van der Waals surface area contributed by atoms with Gasteiger partial charge in [0.25, 0.3) is 0 Å². The van der Waals surface area contributed by atoms with Crippen molar-refractivity contribution in [2.45, 2.75) is 39.9 Å². The lowest BCUT2D eigenvalue weighted by molar-refractivity contribution is 0.387. The zero-order chi connectivity index (χ0) is 12.1. The Morgan fingerprint density at radius 1 is 1.41 bits per heavy atom. The summed E-state index contributed by atoms with van der Waals surface area (Å²) in [4.78, 5) is 4.22. The summed E-state index contributed by atoms with van der Waals surface area (Å²) < 4.78 is 6.91. The minimum Gasteiger partial charge on any atom is -0.361 e. The van der Waals surface area contributed by atoms with Gasteiger partial charge in [0.2, 0.25) is 0 Å². The monoisotopic (exact) mass is 235 g/mol. The third-order valence-electron chi connectivity index (χ3n) is 2.40. The first-order valence-corrected chi connectivity index (χ1v) is 5.79. The topological polar surface area (TPSA) is 68.8 Å². The molecule has 0 unspecified atom stereocenters. The van der Waals surface area contributed by atoms with Crippen LogP contribution in [-0.4, -0.2) is 19.9 Å². The van der Waals surface area contributed by atoms with E-state index in [2.05, 4.69) is 27.5 Å². The Hall–Kier alpha value is -1.69. The molecule has 0 bridgehead atoms. The minimum absolute atomic E-state index is 0.677. The zero-order valence-electron chi connectivity index (χ0n) is 10.2. The molecule has 0 aliphatic rings. The molecule has 6 nitrogen and oxygen atoms in total. The molecule has 2 rings (SSSR count). The number of aryl methyl sites for hydroxylation is 2. The first-order chi connectivity index (χ1) is 8.29. The lowest BCUT2D eigenvalue weighted by atomic mass is 10.4. The highest BCUT2D eigenvalue weighted by atomic mass is 16.5. The highest BCUT2D eigenvalue weighted by Gasteiger charge is 2.04. The average molecular weight is 235 g/mol. The quantitative estimate of drug-likeness (QED) is 0.816. The molecule has 0 amide bonds. The molecule has 0 saturated carbocycles. The minimum atomic E-state index is 0.677. The molecule has 0 atom stereocenters. The number of nitrogens with one attached hydrogen (secondary N) is 1. The molecule has 0 aromatic carbocycles. The standard InChI is InChI=1S/C11H17N5O/c1-3-4-16-11(13-8-14-16)7-12-6-10-5-9(2)17-15-10/h5,8,12H,3-4,6-7H2,1-2H3. The first kappa shape index (κ1) is 11.8. The van der Waals surface area contributed by atoms with E-state index in [4.69, 9.17) is 4.52 Å². The predicted octanol–water partition coefficient (Wildman–Crippen LogP) is 1.27. The van der Waals surface area contributed by atoms with Crippen LogP contribution < -0.4 is 5.32 Å². The molecule has 0 spiro atoms. The maximum atomic E-state index is 4.99. The lowest BCUT2D eigenvalue weighted by Crippen LogP contribution is -2.17. The van der Waals surface area contributed by atoms with Crippen molar-refractivity contribution in [3.63, 3.8) is 0 Å². The zero-order valence-corrected chi connectivity index (χ0v) is 10.2. The first-order valence-electron chi connectivity index (χ1n) is 5.79. The number of hydrogen-bond donors (Lipinski definition) is 1. The number of nitrogens with zero attached hydrogens (tertiary/aromatic N) is 4. The van der Waals surface area contributed by atoms with Gasteiger partial charge in [-0.15, -0.1) is 0 Å². The molecular weight excluding hydrogens is 218 g/mol. The number of aromatic nitrogens is 4. The molecule has 92 valence electrons. The van der Waals surface area contributed by atoms with E-state index >= 15 is 0 Å². The highest BCUT2D eigenvalue weighted by molar-refractivity contribution is 5.03. The van der Waals surface area contributed by atoms with Crippen molar-refractivity contribution in [3.05, 3.63) is 29.7 Å². The van der Waals surface area contributed by atoms with Gasteiger partial charge in [0, 0.05) is 19.2 Å². The molecule has 0 aliphatic heterocycles. The fourth-order valence-electron chi connectivity index (χ4n) is 1.63. The van der Waals surface area contributed by atoms with Gasteiger partial charge in [0.15, 0.2) is 0 Å². The van der Waals surface area contributed by atoms with E-state index in [1.165, 1.54) is 0 Å². The highest BCUT2D eigenvalue weighted by Crippen LogP contribution is 2.01. The maximum absolute atomic E-state index is 4.99. The molecule has 2 aromatic rings. The molecule has 17 heavy (non-hydrogen) atoms. The Balaban J connectivity index is 1.83. The van der Waals surface area contributed by atoms with Gasteiger partial charge in [0.1, 0.15) is 17.9 Å². The molecular formula is C11H17N5O. The van der Waals surface area contributed by atoms with Gasteiger partial charge in [-0.05, 0) is 13.3 Å². The normalized spacial score (nSPS) is 10.9. The lowest BCUT2D eigenvalue weighted by Gasteiger charge is -2.04. The van der Waals surface area contributed by atoms with Crippen LogP contribution >= 0.6 is 0 Å². The van der Waals surface area contributed by atoms with Crippen LogP contribution in [0.15, 0.2) is 16.9 Å². The third kappa shape index (κ3) is 3.13. The predicted molar refractivity (Wildman–Crippen MR) is 62.1 cm³/mol. The summed E-state index contributed by atoms with van der Waals surface area (Å²) in [5, 5.41) is 11.4. The van der Waals surface area contributed by atoms with Crippen LogP contribution in [0.4, 0.5) is 0 Å². The Labute approximate surface area is 100 Å². The summed E-state index contributed by atoms with van der Waals surface area (Å²) in [6, 6.07) is 1.92. The Bertz CT molecular complexity index is 462. The van der Waals surface area contributed by atoms with Crippen molar-refractivity contribution in [1.29, 1.82) is 0 Å². The van der Waals surface area contributed by atoms with Crippen molar-refractivity contribution in [2.24, 2.45) is 0 Å². The molecule has 2 heterocycles. The van der Waals surface area contributed by atoms with Crippen LogP contribution in [0, 0.1) is 6.92 Å². The van der Waals surface area contributed by atoms with E-state index in [0.717, 1.165) is 30.2 Å². The van der Waals surface area contributed by atoms with Gasteiger partial charge < -0.3 is 9.84 Å². The van der Waals surface area contributed by atoms with Crippen LogP contribution in [0.3, 0.4) is 0 Å². The molecule has 0 fully saturated rings. The van der Waals surface area contributed by atoms with Crippen LogP contribution in [0.5, 0.6) is 0 Å². The second-order valence-electron chi connectivity index (χ2n) is 3.93. The van der Waals surface area contributed by atoms with Crippen LogP contribution in [0.2, 0.25) is 0 Å². The van der Waals surface area contributed by atoms with Gasteiger partial charge in [-0.2, -0.15) is 5.10 Å². The van der Waals surface area contributed by atoms with Gasteiger partial charge >= 0.3 is 0 Å². The molecule has 1 N–H and O–H groups in total. The van der Waals surface area contributed by atoms with E-state index in [0.29, 0.717) is 13.1 Å². The van der Waals surface area contributed by atoms with E-state index in [1.54, 1.807) is 6.33 Å². The van der Waals surface area contributed by atoms with Gasteiger partial charge in [-0.1, -0.05) is 12.1 Å². The van der Waals surface area contributed by atoms with E-state index in [1.807, 2.05) is 17.7 Å². The smallest absolute Gasteiger partial charge is 0.140 e. The van der Waals surface area contributed by atoms with E-state index < -0.39 is 0 Å². The molecule has 6 heteroatoms. The molecule has 0 radical (unpaired) electrons. The van der Waals surface area contributed by atoms with Crippen molar-refractivity contribution < 1.29 is 4.52 Å². The molecule has 2 aromatic heterocycles. The van der Waals surface area contributed by atoms with Gasteiger partial charge in [-0.25, -0.2) is 9.67 Å². The summed E-state index contributed by atoms with van der Waals surface area (Å²) in [6.45, 7) is 6.27. The Morgan fingerprint density at radius 3 is 3.00 bits per heavy atom. The summed E-state index contributed by atoms with van der Waals surface area (Å²) in [7, 11) is 0. The van der Waals surface area contributed by atoms with Crippen LogP contribution in [-0.2, 0) is 19.6 Å². The average Bonchev–Trinajstić information content (AvgIpc) is 2.90. The van der Waals surface area contributed by atoms with E-state index in [9.17, 15) is 0 Å². The van der Waals surface area contributed by atoms with Crippen molar-refractivity contribution in [2.75, 3.05) is 0 Å². The summed E-state index contributed by atoms with van der Waals surface area (Å²) >= 11 is 0. The second-order valence-corrected chi connectivity index (χ2v) is 3.93. The van der Waals surface area contributed by atoms with Crippen molar-refractivity contribution >= 4 is 0 Å². The maximum Gasteiger partial charge on any atom is 0.140 e. The second kappa shape index (κ2) is 5.58. The number of rotatable bonds is 6. The largest absolute Gasteiger partial charge is 0.361 e. The SMILES string of the molecule is CCCn1ncnc1CNCc1cc(C)on1. The third-order valence-corrected chi connectivity index (χ3v) is 2.40. The Kier molecular flexibility index (Phi) is 3.87. The summed E-state index contributed by atoms with van der Waals surface area (Å²) in [5.74, 6) is 1.78. The van der Waals surface area contributed by atoms with Gasteiger partial charge in [0.05, 0.1) is 12.2 Å². The Morgan fingerprint density at radius 2 is 2.29 bits per heavy atom. The molecule has 0 saturated heterocycles. The summed E-state index contributed by atoms with van der Waals surface area (Å²) in [6.07, 6.45) is 2.64.